The number of hydrogen-bond donors (Lipinski definition) is 0. The Morgan fingerprint density at radius 3 is 2.50 bits per heavy atom. The normalized spacial score (nSPS) is 19.5. The topological polar surface area (TPSA) is 57.7 Å². The van der Waals surface area contributed by atoms with Gasteiger partial charge in [-0.1, -0.05) is 38.8 Å². The summed E-state index contributed by atoms with van der Waals surface area (Å²) in [5, 5.41) is 0. The molecule has 1 fully saturated rings. The van der Waals surface area contributed by atoms with Crippen molar-refractivity contribution in [2.24, 2.45) is 0 Å². The van der Waals surface area contributed by atoms with Crippen molar-refractivity contribution in [3.8, 4) is 0 Å². The van der Waals surface area contributed by atoms with Gasteiger partial charge in [0.15, 0.2) is 9.84 Å². The molecule has 170 valence electrons. The lowest BCUT2D eigenvalue weighted by Crippen LogP contribution is -2.38. The Morgan fingerprint density at radius 2 is 1.87 bits per heavy atom. The van der Waals surface area contributed by atoms with Gasteiger partial charge in [-0.3, -0.25) is 4.90 Å². The fourth-order valence-electron chi connectivity index (χ4n) is 4.41. The van der Waals surface area contributed by atoms with Crippen LogP contribution in [-0.2, 0) is 21.1 Å². The number of likely N-dealkylation sites (N-methyl/N-ethyl adjacent to an activating group) is 1. The van der Waals surface area contributed by atoms with Crippen LogP contribution in [0.1, 0.15) is 64.9 Å². The van der Waals surface area contributed by atoms with Crippen LogP contribution in [0.15, 0.2) is 29.2 Å². The predicted octanol–water partition coefficient (Wildman–Crippen LogP) is 3.96. The lowest BCUT2D eigenvalue weighted by molar-refractivity contribution is -0.112. The highest BCUT2D eigenvalue weighted by molar-refractivity contribution is 7.91. The summed E-state index contributed by atoms with van der Waals surface area (Å²) in [6, 6.07) is 7.90. The van der Waals surface area contributed by atoms with Crippen LogP contribution in [0.5, 0.6) is 0 Å². The smallest absolute Gasteiger partial charge is 0.178 e. The molecule has 1 aromatic rings. The summed E-state index contributed by atoms with van der Waals surface area (Å²) in [7, 11) is -3.13. The highest BCUT2D eigenvalue weighted by Crippen LogP contribution is 2.17. The predicted molar refractivity (Wildman–Crippen MR) is 124 cm³/mol. The highest BCUT2D eigenvalue weighted by Gasteiger charge is 2.20. The van der Waals surface area contributed by atoms with Crippen LogP contribution in [0.2, 0.25) is 0 Å². The molecule has 1 saturated heterocycles. The molecule has 0 N–H and O–H groups in total. The Hall–Kier alpha value is -1.24. The summed E-state index contributed by atoms with van der Waals surface area (Å²) >= 11 is 0. The third-order valence-corrected chi connectivity index (χ3v) is 8.19. The molecule has 2 atom stereocenters. The van der Waals surface area contributed by atoms with E-state index in [9.17, 15) is 13.2 Å². The van der Waals surface area contributed by atoms with Gasteiger partial charge in [0.2, 0.25) is 0 Å². The van der Waals surface area contributed by atoms with Crippen LogP contribution in [0.3, 0.4) is 0 Å². The van der Waals surface area contributed by atoms with E-state index >= 15 is 0 Å². The molecule has 1 aromatic carbocycles. The number of likely N-dealkylation sites (tertiary alicyclic amines) is 1. The lowest BCUT2D eigenvalue weighted by atomic mass is 10.1. The van der Waals surface area contributed by atoms with Gasteiger partial charge in [-0.25, -0.2) is 8.42 Å². The van der Waals surface area contributed by atoms with Gasteiger partial charge in [-0.2, -0.15) is 0 Å². The first kappa shape index (κ1) is 25.0. The van der Waals surface area contributed by atoms with Gasteiger partial charge >= 0.3 is 0 Å². The van der Waals surface area contributed by atoms with Crippen molar-refractivity contribution in [3.05, 3.63) is 29.8 Å². The van der Waals surface area contributed by atoms with Crippen LogP contribution >= 0.6 is 0 Å². The number of sulfone groups is 1. The first-order valence-corrected chi connectivity index (χ1v) is 13.3. The fraction of sp³-hybridized carbons (Fsp3) is 0.708. The van der Waals surface area contributed by atoms with Gasteiger partial charge < -0.3 is 9.69 Å². The second kappa shape index (κ2) is 12.6. The average molecular weight is 437 g/mol. The first-order valence-electron chi connectivity index (χ1n) is 11.7. The molecule has 0 saturated carbocycles. The van der Waals surface area contributed by atoms with E-state index in [0.717, 1.165) is 58.1 Å². The minimum Gasteiger partial charge on any atom is -0.302 e. The molecule has 1 aliphatic heterocycles. The molecule has 5 nitrogen and oxygen atoms in total. The quantitative estimate of drug-likeness (QED) is 0.367. The van der Waals surface area contributed by atoms with Crippen LogP contribution in [0.4, 0.5) is 0 Å². The number of carbonyl (C=O) groups excluding carboxylic acids is 1. The number of unbranched alkanes of at least 4 members (excludes halogenated alkanes) is 1. The number of nitrogens with zero attached hydrogens (tertiary/aromatic N) is 2. The number of benzene rings is 1. The second-order valence-electron chi connectivity index (χ2n) is 8.52. The molecule has 1 heterocycles. The molecule has 0 bridgehead atoms. The van der Waals surface area contributed by atoms with Crippen molar-refractivity contribution in [1.29, 1.82) is 0 Å². The van der Waals surface area contributed by atoms with Crippen LogP contribution in [0.25, 0.3) is 0 Å². The van der Waals surface area contributed by atoms with Gasteiger partial charge in [0, 0.05) is 6.04 Å². The number of carbonyl (C=O) groups is 1. The van der Waals surface area contributed by atoms with E-state index in [-0.39, 0.29) is 11.8 Å². The van der Waals surface area contributed by atoms with Gasteiger partial charge in [-0.05, 0) is 82.9 Å². The van der Waals surface area contributed by atoms with Crippen LogP contribution < -0.4 is 0 Å². The van der Waals surface area contributed by atoms with E-state index < -0.39 is 9.84 Å². The maximum atomic E-state index is 12.0. The van der Waals surface area contributed by atoms with E-state index in [1.165, 1.54) is 24.8 Å². The molecule has 0 aromatic heterocycles. The summed E-state index contributed by atoms with van der Waals surface area (Å²) in [4.78, 5) is 16.7. The molecule has 2 unspecified atom stereocenters. The zero-order valence-corrected chi connectivity index (χ0v) is 19.9. The minimum absolute atomic E-state index is 0.119. The Balaban J connectivity index is 1.80. The third-order valence-electron chi connectivity index (χ3n) is 6.44. The standard InChI is InChI=1S/C24H40N2O3S/c1-4-25(16-9-10-18-26-17-8-6-7-11-23(26)20-27)21(3)19-22-12-14-24(15-13-22)30(28,29)5-2/h12-15,20-21,23H,4-11,16-19H2,1-3H3. The van der Waals surface area contributed by atoms with Crippen molar-refractivity contribution in [2.45, 2.75) is 82.7 Å². The summed E-state index contributed by atoms with van der Waals surface area (Å²) in [6.45, 7) is 10.3. The highest BCUT2D eigenvalue weighted by atomic mass is 32.2. The van der Waals surface area contributed by atoms with Crippen LogP contribution in [-0.4, -0.2) is 68.5 Å². The molecule has 0 aliphatic carbocycles. The van der Waals surface area contributed by atoms with Crippen molar-refractivity contribution < 1.29 is 13.2 Å². The van der Waals surface area contributed by atoms with Gasteiger partial charge in [0.1, 0.15) is 6.29 Å². The Morgan fingerprint density at radius 1 is 1.13 bits per heavy atom. The van der Waals surface area contributed by atoms with Crippen molar-refractivity contribution in [1.82, 2.24) is 9.80 Å². The second-order valence-corrected chi connectivity index (χ2v) is 10.8. The van der Waals surface area contributed by atoms with E-state index in [4.69, 9.17) is 0 Å². The molecular weight excluding hydrogens is 396 g/mol. The van der Waals surface area contributed by atoms with E-state index in [0.29, 0.717) is 10.9 Å². The van der Waals surface area contributed by atoms with E-state index in [2.05, 4.69) is 23.6 Å². The number of hydrogen-bond acceptors (Lipinski definition) is 5. The number of rotatable bonds is 12. The van der Waals surface area contributed by atoms with E-state index in [1.807, 2.05) is 12.1 Å². The Labute approximate surface area is 183 Å². The van der Waals surface area contributed by atoms with Crippen LogP contribution in [0, 0.1) is 0 Å². The SMILES string of the molecule is CCN(CCCCN1CCCCCC1C=O)C(C)Cc1ccc(S(=O)(=O)CC)cc1. The summed E-state index contributed by atoms with van der Waals surface area (Å²) < 4.78 is 24.0. The molecule has 30 heavy (non-hydrogen) atoms. The zero-order valence-electron chi connectivity index (χ0n) is 19.1. The first-order chi connectivity index (χ1) is 14.4. The van der Waals surface area contributed by atoms with Crippen molar-refractivity contribution in [3.63, 3.8) is 0 Å². The maximum Gasteiger partial charge on any atom is 0.178 e. The van der Waals surface area contributed by atoms with Crippen molar-refractivity contribution in [2.75, 3.05) is 31.9 Å². The van der Waals surface area contributed by atoms with E-state index in [1.54, 1.807) is 19.1 Å². The summed E-state index contributed by atoms with van der Waals surface area (Å²) in [5.41, 5.74) is 1.18. The molecule has 0 radical (unpaired) electrons. The lowest BCUT2D eigenvalue weighted by Gasteiger charge is -2.29. The zero-order chi connectivity index (χ0) is 22.0. The third kappa shape index (κ3) is 7.47. The summed E-state index contributed by atoms with van der Waals surface area (Å²) in [6.07, 6.45) is 8.95. The average Bonchev–Trinajstić information content (AvgIpc) is 2.99. The largest absolute Gasteiger partial charge is 0.302 e. The van der Waals surface area contributed by atoms with Gasteiger partial charge in [-0.15, -0.1) is 0 Å². The molecule has 1 aliphatic rings. The van der Waals surface area contributed by atoms with Gasteiger partial charge in [0.25, 0.3) is 0 Å². The Bertz CT molecular complexity index is 733. The molecule has 0 amide bonds. The molecular formula is C24H40N2O3S. The molecule has 0 spiro atoms. The molecule has 2 rings (SSSR count). The monoisotopic (exact) mass is 436 g/mol. The maximum absolute atomic E-state index is 12.0. The minimum atomic E-state index is -3.13. The Kier molecular flexibility index (Phi) is 10.5. The summed E-state index contributed by atoms with van der Waals surface area (Å²) in [5.74, 6) is 0.136. The molecule has 6 heteroatoms. The van der Waals surface area contributed by atoms with Crippen molar-refractivity contribution >= 4 is 16.1 Å². The fourth-order valence-corrected chi connectivity index (χ4v) is 5.30. The van der Waals surface area contributed by atoms with Gasteiger partial charge in [0.05, 0.1) is 16.7 Å². The number of aldehydes is 1.